The normalized spacial score (nSPS) is 16.9. The number of fused-ring (bicyclic) bond motifs is 1. The molecule has 162 valence electrons. The van der Waals surface area contributed by atoms with Crippen LogP contribution in [0.4, 0.5) is 0 Å². The van der Waals surface area contributed by atoms with E-state index in [1.807, 2.05) is 24.3 Å². The van der Waals surface area contributed by atoms with E-state index < -0.39 is 12.1 Å². The average molecular weight is 421 g/mol. The predicted octanol–water partition coefficient (Wildman–Crippen LogP) is 4.20. The van der Waals surface area contributed by atoms with E-state index in [0.29, 0.717) is 16.9 Å². The second-order valence-electron chi connectivity index (χ2n) is 7.90. The Labute approximate surface area is 182 Å². The van der Waals surface area contributed by atoms with Gasteiger partial charge in [-0.25, -0.2) is 4.79 Å². The number of nitrogens with one attached hydrogen (secondary N) is 1. The van der Waals surface area contributed by atoms with E-state index in [1.165, 1.54) is 6.42 Å². The van der Waals surface area contributed by atoms with Crippen LogP contribution in [-0.4, -0.2) is 31.6 Å². The topological polar surface area (TPSA) is 73.9 Å². The molecule has 1 heterocycles. The molecular weight excluding hydrogens is 394 g/mol. The first-order valence-corrected chi connectivity index (χ1v) is 10.7. The second kappa shape index (κ2) is 9.69. The molecule has 0 aromatic heterocycles. The summed E-state index contributed by atoms with van der Waals surface area (Å²) in [6.45, 7) is 0.107. The van der Waals surface area contributed by atoms with Crippen molar-refractivity contribution in [2.45, 2.75) is 44.2 Å². The summed E-state index contributed by atoms with van der Waals surface area (Å²) in [6, 6.07) is 14.6. The van der Waals surface area contributed by atoms with E-state index in [0.717, 1.165) is 37.0 Å². The minimum Gasteiger partial charge on any atom is -0.497 e. The highest BCUT2D eigenvalue weighted by Crippen LogP contribution is 2.28. The fourth-order valence-corrected chi connectivity index (χ4v) is 3.99. The van der Waals surface area contributed by atoms with Crippen LogP contribution in [0, 0.1) is 0 Å². The van der Waals surface area contributed by atoms with E-state index >= 15 is 0 Å². The molecule has 31 heavy (non-hydrogen) atoms. The highest BCUT2D eigenvalue weighted by atomic mass is 16.6. The van der Waals surface area contributed by atoms with Crippen molar-refractivity contribution < 1.29 is 23.8 Å². The number of benzene rings is 2. The molecule has 2 aliphatic rings. The van der Waals surface area contributed by atoms with Crippen LogP contribution in [-0.2, 0) is 14.3 Å². The van der Waals surface area contributed by atoms with Crippen molar-refractivity contribution in [2.75, 3.05) is 13.7 Å². The fraction of sp³-hybridized carbons (Fsp3) is 0.360. The number of amides is 1. The zero-order chi connectivity index (χ0) is 21.6. The summed E-state index contributed by atoms with van der Waals surface area (Å²) in [4.78, 5) is 26.0. The summed E-state index contributed by atoms with van der Waals surface area (Å²) in [7, 11) is 1.58. The number of hydrogen-bond acceptors (Lipinski definition) is 5. The van der Waals surface area contributed by atoms with Crippen molar-refractivity contribution in [1.29, 1.82) is 0 Å². The van der Waals surface area contributed by atoms with Gasteiger partial charge in [0.05, 0.1) is 12.7 Å². The van der Waals surface area contributed by atoms with Crippen molar-refractivity contribution in [3.8, 4) is 11.5 Å². The molecule has 1 amide bonds. The molecule has 4 rings (SSSR count). The Morgan fingerprint density at radius 3 is 2.52 bits per heavy atom. The zero-order valence-electron chi connectivity index (χ0n) is 17.6. The third-order valence-corrected chi connectivity index (χ3v) is 5.73. The van der Waals surface area contributed by atoms with Crippen molar-refractivity contribution in [1.82, 2.24) is 5.32 Å². The van der Waals surface area contributed by atoms with Crippen LogP contribution in [0.1, 0.15) is 49.3 Å². The van der Waals surface area contributed by atoms with Gasteiger partial charge in [0.25, 0.3) is 5.91 Å². The first kappa shape index (κ1) is 21.0. The molecule has 0 spiro atoms. The van der Waals surface area contributed by atoms with Crippen LogP contribution >= 0.6 is 0 Å². The van der Waals surface area contributed by atoms with E-state index in [9.17, 15) is 9.59 Å². The van der Waals surface area contributed by atoms with Gasteiger partial charge in [-0.2, -0.15) is 0 Å². The van der Waals surface area contributed by atoms with Gasteiger partial charge in [-0.3, -0.25) is 4.79 Å². The minimum absolute atomic E-state index is 0.107. The highest BCUT2D eigenvalue weighted by Gasteiger charge is 2.29. The molecule has 1 unspecified atom stereocenters. The lowest BCUT2D eigenvalue weighted by Crippen LogP contribution is -2.40. The molecule has 0 saturated heterocycles. The highest BCUT2D eigenvalue weighted by molar-refractivity contribution is 5.97. The quantitative estimate of drug-likeness (QED) is 0.708. The molecule has 2 aromatic carbocycles. The molecule has 1 aliphatic heterocycles. The lowest BCUT2D eigenvalue weighted by molar-refractivity contribution is -0.153. The number of rotatable bonds is 6. The average Bonchev–Trinajstić information content (AvgIpc) is 2.82. The molecule has 1 N–H and O–H groups in total. The summed E-state index contributed by atoms with van der Waals surface area (Å²) >= 11 is 0. The fourth-order valence-electron chi connectivity index (χ4n) is 3.99. The smallest absolute Gasteiger partial charge is 0.338 e. The number of ether oxygens (including phenoxy) is 3. The Morgan fingerprint density at radius 2 is 1.77 bits per heavy atom. The first-order valence-electron chi connectivity index (χ1n) is 10.7. The van der Waals surface area contributed by atoms with Gasteiger partial charge >= 0.3 is 5.97 Å². The number of esters is 1. The number of carbonyl (C=O) groups is 2. The van der Waals surface area contributed by atoms with Crippen LogP contribution < -0.4 is 14.8 Å². The van der Waals surface area contributed by atoms with Gasteiger partial charge in [-0.1, -0.05) is 49.6 Å². The maximum Gasteiger partial charge on any atom is 0.338 e. The van der Waals surface area contributed by atoms with Crippen molar-refractivity contribution in [3.63, 3.8) is 0 Å². The Balaban J connectivity index is 1.54. The Kier molecular flexibility index (Phi) is 6.55. The third kappa shape index (κ3) is 5.08. The van der Waals surface area contributed by atoms with Gasteiger partial charge in [-0.15, -0.1) is 0 Å². The van der Waals surface area contributed by atoms with E-state index in [-0.39, 0.29) is 18.6 Å². The van der Waals surface area contributed by atoms with Crippen LogP contribution in [0.15, 0.2) is 54.1 Å². The van der Waals surface area contributed by atoms with Gasteiger partial charge in [0.2, 0.25) is 6.10 Å². The van der Waals surface area contributed by atoms with Gasteiger partial charge in [0.1, 0.15) is 18.1 Å². The van der Waals surface area contributed by atoms with Crippen molar-refractivity contribution >= 4 is 18.0 Å². The molecule has 1 fully saturated rings. The molecule has 6 heteroatoms. The van der Waals surface area contributed by atoms with Crippen LogP contribution in [0.25, 0.3) is 6.08 Å². The van der Waals surface area contributed by atoms with E-state index in [4.69, 9.17) is 14.2 Å². The largest absolute Gasteiger partial charge is 0.497 e. The van der Waals surface area contributed by atoms with Gasteiger partial charge in [0.15, 0.2) is 0 Å². The summed E-state index contributed by atoms with van der Waals surface area (Å²) < 4.78 is 16.6. The summed E-state index contributed by atoms with van der Waals surface area (Å²) in [5.41, 5.74) is 1.79. The molecule has 0 bridgehead atoms. The Bertz CT molecular complexity index is 960. The molecular formula is C25H27NO5. The van der Waals surface area contributed by atoms with Crippen molar-refractivity contribution in [3.05, 3.63) is 65.2 Å². The van der Waals surface area contributed by atoms with E-state index in [2.05, 4.69) is 5.32 Å². The lowest BCUT2D eigenvalue weighted by Gasteiger charge is -2.26. The number of para-hydroxylation sites is 1. The Morgan fingerprint density at radius 1 is 1.03 bits per heavy atom. The van der Waals surface area contributed by atoms with Gasteiger partial charge < -0.3 is 19.5 Å². The minimum atomic E-state index is -1.04. The number of methoxy groups -OCH3 is 1. The standard InChI is InChI=1S/C25H27NO5/c1-29-21-13-11-17(12-14-21)23(24(27)26-20-8-3-2-4-9-20)31-25(28)19-15-18-7-5-6-10-22(18)30-16-19/h5-7,10-15,20,23H,2-4,8-9,16H2,1H3,(H,26,27). The molecule has 1 saturated carbocycles. The summed E-state index contributed by atoms with van der Waals surface area (Å²) in [5.74, 6) is 0.527. The third-order valence-electron chi connectivity index (χ3n) is 5.73. The van der Waals surface area contributed by atoms with Gasteiger partial charge in [0, 0.05) is 17.2 Å². The molecule has 6 nitrogen and oxygen atoms in total. The molecule has 2 aromatic rings. The first-order chi connectivity index (χ1) is 15.1. The SMILES string of the molecule is COc1ccc(C(OC(=O)C2=Cc3ccccc3OC2)C(=O)NC2CCCCC2)cc1. The van der Waals surface area contributed by atoms with Gasteiger partial charge in [-0.05, 0) is 37.1 Å². The maximum atomic E-state index is 13.1. The van der Waals surface area contributed by atoms with E-state index in [1.54, 1.807) is 37.5 Å². The number of carbonyl (C=O) groups excluding carboxylic acids is 2. The number of hydrogen-bond donors (Lipinski definition) is 1. The summed E-state index contributed by atoms with van der Waals surface area (Å²) in [6.07, 6.45) is 6.00. The Hall–Kier alpha value is -3.28. The zero-order valence-corrected chi connectivity index (χ0v) is 17.6. The summed E-state index contributed by atoms with van der Waals surface area (Å²) in [5, 5.41) is 3.07. The predicted molar refractivity (Wildman–Crippen MR) is 117 cm³/mol. The molecule has 1 atom stereocenters. The second-order valence-corrected chi connectivity index (χ2v) is 7.90. The monoisotopic (exact) mass is 421 g/mol. The maximum absolute atomic E-state index is 13.1. The molecule has 0 radical (unpaired) electrons. The van der Waals surface area contributed by atoms with Crippen LogP contribution in [0.2, 0.25) is 0 Å². The van der Waals surface area contributed by atoms with Crippen LogP contribution in [0.3, 0.4) is 0 Å². The molecule has 1 aliphatic carbocycles. The van der Waals surface area contributed by atoms with Crippen molar-refractivity contribution in [2.24, 2.45) is 0 Å². The lowest BCUT2D eigenvalue weighted by atomic mass is 9.95. The van der Waals surface area contributed by atoms with Crippen LogP contribution in [0.5, 0.6) is 11.5 Å².